The van der Waals surface area contributed by atoms with Crippen LogP contribution in [0.2, 0.25) is 0 Å². The number of imidazole rings is 1. The van der Waals surface area contributed by atoms with Gasteiger partial charge in [-0.1, -0.05) is 30.3 Å². The third kappa shape index (κ3) is 3.68. The number of hydrogen-bond donors (Lipinski definition) is 2. The number of hydrogen-bond acceptors (Lipinski definition) is 2. The highest BCUT2D eigenvalue weighted by Gasteiger charge is 2.06. The Morgan fingerprint density at radius 2 is 1.96 bits per heavy atom. The average molecular weight is 323 g/mol. The van der Waals surface area contributed by atoms with Crippen molar-refractivity contribution in [3.05, 3.63) is 71.8 Å². The van der Waals surface area contributed by atoms with Crippen LogP contribution >= 0.6 is 0 Å². The maximum absolute atomic E-state index is 13.7. The first-order valence-corrected chi connectivity index (χ1v) is 7.78. The molecular formula is C19H18FN3O. The Hall–Kier alpha value is -2.95. The number of rotatable bonds is 5. The van der Waals surface area contributed by atoms with E-state index in [1.807, 2.05) is 24.3 Å². The van der Waals surface area contributed by atoms with Gasteiger partial charge in [-0.05, 0) is 30.7 Å². The van der Waals surface area contributed by atoms with Gasteiger partial charge in [-0.25, -0.2) is 9.37 Å². The smallest absolute Gasteiger partial charge is 0.244 e. The number of allylic oxidation sites excluding steroid dienone is 1. The monoisotopic (exact) mass is 323 g/mol. The summed E-state index contributed by atoms with van der Waals surface area (Å²) >= 11 is 0. The van der Waals surface area contributed by atoms with E-state index in [1.165, 1.54) is 12.1 Å². The molecule has 4 nitrogen and oxygen atoms in total. The fourth-order valence-corrected chi connectivity index (χ4v) is 2.53. The van der Waals surface area contributed by atoms with E-state index in [-0.39, 0.29) is 11.7 Å². The van der Waals surface area contributed by atoms with Crippen molar-refractivity contribution in [2.24, 2.45) is 0 Å². The van der Waals surface area contributed by atoms with Crippen molar-refractivity contribution in [3.8, 4) is 0 Å². The largest absolute Gasteiger partial charge is 0.352 e. The SMILES string of the molecule is C/C(=C/C(=O)NCCc1nc2ccccc2[nH]1)c1ccccc1F. The van der Waals surface area contributed by atoms with Crippen molar-refractivity contribution in [1.29, 1.82) is 0 Å². The summed E-state index contributed by atoms with van der Waals surface area (Å²) in [5.41, 5.74) is 2.92. The zero-order chi connectivity index (χ0) is 16.9. The number of nitrogens with zero attached hydrogens (tertiary/aromatic N) is 1. The van der Waals surface area contributed by atoms with Crippen LogP contribution in [0, 0.1) is 5.82 Å². The van der Waals surface area contributed by atoms with Gasteiger partial charge in [0.15, 0.2) is 0 Å². The van der Waals surface area contributed by atoms with E-state index >= 15 is 0 Å². The number of nitrogens with one attached hydrogen (secondary N) is 2. The molecule has 0 radical (unpaired) electrons. The van der Waals surface area contributed by atoms with Gasteiger partial charge in [0, 0.05) is 24.6 Å². The van der Waals surface area contributed by atoms with Crippen LogP contribution in [0.4, 0.5) is 4.39 Å². The molecule has 2 N–H and O–H groups in total. The molecule has 0 unspecified atom stereocenters. The summed E-state index contributed by atoms with van der Waals surface area (Å²) in [5.74, 6) is 0.250. The molecule has 0 bridgehead atoms. The molecule has 0 aliphatic heterocycles. The van der Waals surface area contributed by atoms with E-state index in [0.29, 0.717) is 24.1 Å². The van der Waals surface area contributed by atoms with E-state index in [9.17, 15) is 9.18 Å². The summed E-state index contributed by atoms with van der Waals surface area (Å²) in [4.78, 5) is 19.6. The van der Waals surface area contributed by atoms with Gasteiger partial charge in [0.25, 0.3) is 0 Å². The van der Waals surface area contributed by atoms with Gasteiger partial charge in [0.2, 0.25) is 5.91 Å². The first kappa shape index (κ1) is 15.9. The molecule has 1 amide bonds. The highest BCUT2D eigenvalue weighted by atomic mass is 19.1. The summed E-state index contributed by atoms with van der Waals surface area (Å²) in [6.45, 7) is 2.18. The molecular weight excluding hydrogens is 305 g/mol. The number of para-hydroxylation sites is 2. The molecule has 0 fully saturated rings. The Morgan fingerprint density at radius 3 is 2.75 bits per heavy atom. The molecule has 1 aromatic heterocycles. The van der Waals surface area contributed by atoms with Crippen LogP contribution in [0.5, 0.6) is 0 Å². The van der Waals surface area contributed by atoms with Crippen molar-refractivity contribution in [1.82, 2.24) is 15.3 Å². The predicted octanol–water partition coefficient (Wildman–Crippen LogP) is 3.46. The standard InChI is InChI=1S/C19H18FN3O/c1-13(14-6-2-3-7-15(14)20)12-19(24)21-11-10-18-22-16-8-4-5-9-17(16)23-18/h2-9,12H,10-11H2,1H3,(H,21,24)(H,22,23)/b13-12-. The molecule has 0 saturated carbocycles. The van der Waals surface area contributed by atoms with Crippen molar-refractivity contribution >= 4 is 22.5 Å². The molecule has 0 aliphatic rings. The zero-order valence-corrected chi connectivity index (χ0v) is 13.3. The molecule has 0 saturated heterocycles. The van der Waals surface area contributed by atoms with Crippen molar-refractivity contribution in [3.63, 3.8) is 0 Å². The molecule has 3 rings (SSSR count). The maximum atomic E-state index is 13.7. The fourth-order valence-electron chi connectivity index (χ4n) is 2.53. The van der Waals surface area contributed by atoms with E-state index in [2.05, 4.69) is 15.3 Å². The van der Waals surface area contributed by atoms with Crippen molar-refractivity contribution < 1.29 is 9.18 Å². The number of carbonyl (C=O) groups excluding carboxylic acids is 1. The molecule has 0 aliphatic carbocycles. The third-order valence-electron chi connectivity index (χ3n) is 3.75. The first-order chi connectivity index (χ1) is 11.6. The van der Waals surface area contributed by atoms with Crippen LogP contribution in [-0.4, -0.2) is 22.4 Å². The normalized spacial score (nSPS) is 11.7. The Bertz CT molecular complexity index is 865. The van der Waals surface area contributed by atoms with Gasteiger partial charge in [-0.2, -0.15) is 0 Å². The molecule has 24 heavy (non-hydrogen) atoms. The first-order valence-electron chi connectivity index (χ1n) is 7.78. The second-order valence-electron chi connectivity index (χ2n) is 5.55. The van der Waals surface area contributed by atoms with Crippen LogP contribution in [0.1, 0.15) is 18.3 Å². The molecule has 1 heterocycles. The lowest BCUT2D eigenvalue weighted by Gasteiger charge is -2.04. The molecule has 0 atom stereocenters. The summed E-state index contributed by atoms with van der Waals surface area (Å²) < 4.78 is 13.7. The highest BCUT2D eigenvalue weighted by molar-refractivity contribution is 5.94. The minimum atomic E-state index is -0.332. The maximum Gasteiger partial charge on any atom is 0.244 e. The Labute approximate surface area is 139 Å². The number of halogens is 1. The van der Waals surface area contributed by atoms with Gasteiger partial charge in [0.1, 0.15) is 11.6 Å². The number of aromatic amines is 1. The number of amides is 1. The van der Waals surface area contributed by atoms with Crippen LogP contribution < -0.4 is 5.32 Å². The Morgan fingerprint density at radius 1 is 1.21 bits per heavy atom. The molecule has 3 aromatic rings. The van der Waals surface area contributed by atoms with Crippen molar-refractivity contribution in [2.75, 3.05) is 6.54 Å². The van der Waals surface area contributed by atoms with E-state index < -0.39 is 0 Å². The molecule has 0 spiro atoms. The fraction of sp³-hybridized carbons (Fsp3) is 0.158. The number of H-pyrrole nitrogens is 1. The molecule has 122 valence electrons. The summed E-state index contributed by atoms with van der Waals surface area (Å²) in [6.07, 6.45) is 2.02. The lowest BCUT2D eigenvalue weighted by atomic mass is 10.1. The topological polar surface area (TPSA) is 57.8 Å². The Kier molecular flexibility index (Phi) is 4.70. The van der Waals surface area contributed by atoms with E-state index in [1.54, 1.807) is 25.1 Å². The predicted molar refractivity (Wildman–Crippen MR) is 92.9 cm³/mol. The quantitative estimate of drug-likeness (QED) is 0.706. The third-order valence-corrected chi connectivity index (χ3v) is 3.75. The summed E-state index contributed by atoms with van der Waals surface area (Å²) in [6, 6.07) is 14.2. The summed E-state index contributed by atoms with van der Waals surface area (Å²) in [7, 11) is 0. The van der Waals surface area contributed by atoms with Crippen LogP contribution in [0.3, 0.4) is 0 Å². The van der Waals surface area contributed by atoms with Crippen LogP contribution in [-0.2, 0) is 11.2 Å². The molecule has 5 heteroatoms. The van der Waals surface area contributed by atoms with E-state index in [0.717, 1.165) is 16.9 Å². The van der Waals surface area contributed by atoms with Gasteiger partial charge in [0.05, 0.1) is 11.0 Å². The molecule has 2 aromatic carbocycles. The number of fused-ring (bicyclic) bond motifs is 1. The highest BCUT2D eigenvalue weighted by Crippen LogP contribution is 2.16. The minimum Gasteiger partial charge on any atom is -0.352 e. The second-order valence-corrected chi connectivity index (χ2v) is 5.55. The lowest BCUT2D eigenvalue weighted by Crippen LogP contribution is -2.24. The second kappa shape index (κ2) is 7.08. The number of benzene rings is 2. The van der Waals surface area contributed by atoms with Crippen LogP contribution in [0.25, 0.3) is 16.6 Å². The average Bonchev–Trinajstić information content (AvgIpc) is 2.97. The van der Waals surface area contributed by atoms with Gasteiger partial charge >= 0.3 is 0 Å². The van der Waals surface area contributed by atoms with Crippen LogP contribution in [0.15, 0.2) is 54.6 Å². The number of aromatic nitrogens is 2. The van der Waals surface area contributed by atoms with Gasteiger partial charge < -0.3 is 10.3 Å². The van der Waals surface area contributed by atoms with Gasteiger partial charge in [-0.15, -0.1) is 0 Å². The lowest BCUT2D eigenvalue weighted by molar-refractivity contribution is -0.116. The zero-order valence-electron chi connectivity index (χ0n) is 13.3. The van der Waals surface area contributed by atoms with Crippen molar-refractivity contribution in [2.45, 2.75) is 13.3 Å². The van der Waals surface area contributed by atoms with Gasteiger partial charge in [-0.3, -0.25) is 4.79 Å². The number of carbonyl (C=O) groups is 1. The summed E-state index contributed by atoms with van der Waals surface area (Å²) in [5, 5.41) is 2.80. The van der Waals surface area contributed by atoms with E-state index in [4.69, 9.17) is 0 Å². The Balaban J connectivity index is 1.57. The minimum absolute atomic E-state index is 0.244.